The molecule has 31 heavy (non-hydrogen) atoms. The van der Waals surface area contributed by atoms with Crippen molar-refractivity contribution >= 4 is 51.5 Å². The summed E-state index contributed by atoms with van der Waals surface area (Å²) in [7, 11) is 1.48. The van der Waals surface area contributed by atoms with E-state index in [4.69, 9.17) is 25.8 Å². The zero-order valence-electron chi connectivity index (χ0n) is 16.3. The lowest BCUT2D eigenvalue weighted by Crippen LogP contribution is -2.33. The van der Waals surface area contributed by atoms with E-state index in [-0.39, 0.29) is 16.6 Å². The molecule has 156 valence electrons. The van der Waals surface area contributed by atoms with Gasteiger partial charge in [0.1, 0.15) is 11.3 Å². The number of carbonyl (C=O) groups excluding carboxylic acids is 2. The molecular weight excluding hydrogens is 418 g/mol. The van der Waals surface area contributed by atoms with Crippen molar-refractivity contribution in [2.75, 3.05) is 17.7 Å². The molecule has 2 heterocycles. The predicted molar refractivity (Wildman–Crippen MR) is 120 cm³/mol. The highest BCUT2D eigenvalue weighted by molar-refractivity contribution is 7.80. The van der Waals surface area contributed by atoms with Gasteiger partial charge < -0.3 is 24.2 Å². The van der Waals surface area contributed by atoms with Gasteiger partial charge in [0.15, 0.2) is 16.6 Å². The second kappa shape index (κ2) is 8.72. The number of fused-ring (bicyclic) bond motifs is 1. The second-order valence-corrected chi connectivity index (χ2v) is 6.81. The molecule has 2 amide bonds. The topological polar surface area (TPSA) is 106 Å². The fraction of sp³-hybridized carbons (Fsp3) is 0.0455. The number of anilines is 2. The van der Waals surface area contributed by atoms with Crippen molar-refractivity contribution in [2.24, 2.45) is 0 Å². The van der Waals surface area contributed by atoms with Gasteiger partial charge in [-0.05, 0) is 48.6 Å². The zero-order chi connectivity index (χ0) is 21.8. The largest absolute Gasteiger partial charge is 0.494 e. The molecule has 0 aliphatic heterocycles. The Labute approximate surface area is 182 Å². The normalized spacial score (nSPS) is 10.5. The number of nitrogens with one attached hydrogen (secondary N) is 3. The van der Waals surface area contributed by atoms with E-state index in [1.165, 1.54) is 19.4 Å². The number of ether oxygens (including phenoxy) is 1. The fourth-order valence-electron chi connectivity index (χ4n) is 2.88. The van der Waals surface area contributed by atoms with Gasteiger partial charge in [-0.3, -0.25) is 14.9 Å². The molecule has 0 saturated heterocycles. The summed E-state index contributed by atoms with van der Waals surface area (Å²) in [6, 6.07) is 17.1. The van der Waals surface area contributed by atoms with Gasteiger partial charge in [-0.2, -0.15) is 0 Å². The van der Waals surface area contributed by atoms with Crippen LogP contribution in [0.25, 0.3) is 11.0 Å². The van der Waals surface area contributed by atoms with Gasteiger partial charge >= 0.3 is 0 Å². The molecule has 0 fully saturated rings. The molecule has 4 aromatic rings. The quantitative estimate of drug-likeness (QED) is 0.399. The van der Waals surface area contributed by atoms with Gasteiger partial charge in [0.25, 0.3) is 11.8 Å². The molecule has 0 unspecified atom stereocenters. The molecule has 0 aliphatic rings. The maximum atomic E-state index is 12.6. The summed E-state index contributed by atoms with van der Waals surface area (Å²) in [6.07, 6.45) is 1.40. The predicted octanol–water partition coefficient (Wildman–Crippen LogP) is 4.41. The molecule has 8 nitrogen and oxygen atoms in total. The van der Waals surface area contributed by atoms with Gasteiger partial charge in [0.2, 0.25) is 0 Å². The number of carbonyl (C=O) groups is 2. The van der Waals surface area contributed by atoms with E-state index in [9.17, 15) is 9.59 Å². The first-order valence-electron chi connectivity index (χ1n) is 9.17. The highest BCUT2D eigenvalue weighted by Crippen LogP contribution is 2.29. The molecule has 0 saturated carbocycles. The number of amides is 2. The Morgan fingerprint density at radius 3 is 2.52 bits per heavy atom. The van der Waals surface area contributed by atoms with Crippen LogP contribution in [-0.4, -0.2) is 24.0 Å². The van der Waals surface area contributed by atoms with Gasteiger partial charge in [-0.15, -0.1) is 0 Å². The standard InChI is InChI=1S/C22H17N3O5S/c1-28-18-12-14(23-22(31)25-20(26)17-7-4-10-29-17)8-9-15(18)24-21(27)19-11-13-5-2-3-6-16(13)30-19/h2-12H,1H3,(H,24,27)(H2,23,25,26,31). The van der Waals surface area contributed by atoms with Crippen LogP contribution < -0.4 is 20.7 Å². The minimum atomic E-state index is -0.468. The molecule has 9 heteroatoms. The van der Waals surface area contributed by atoms with E-state index in [2.05, 4.69) is 16.0 Å². The molecule has 0 spiro atoms. The Morgan fingerprint density at radius 2 is 1.77 bits per heavy atom. The molecule has 0 aliphatic carbocycles. The average Bonchev–Trinajstić information content (AvgIpc) is 3.44. The number of hydrogen-bond acceptors (Lipinski definition) is 6. The summed E-state index contributed by atoms with van der Waals surface area (Å²) >= 11 is 5.16. The number of para-hydroxylation sites is 1. The van der Waals surface area contributed by atoms with Crippen LogP contribution in [0.3, 0.4) is 0 Å². The average molecular weight is 435 g/mol. The zero-order valence-corrected chi connectivity index (χ0v) is 17.1. The second-order valence-electron chi connectivity index (χ2n) is 6.40. The lowest BCUT2D eigenvalue weighted by Gasteiger charge is -2.13. The molecule has 0 radical (unpaired) electrons. The highest BCUT2D eigenvalue weighted by Gasteiger charge is 2.16. The Morgan fingerprint density at radius 1 is 0.935 bits per heavy atom. The Balaban J connectivity index is 1.44. The van der Waals surface area contributed by atoms with Crippen LogP contribution in [0.5, 0.6) is 5.75 Å². The third-order valence-corrected chi connectivity index (χ3v) is 4.53. The summed E-state index contributed by atoms with van der Waals surface area (Å²) in [5, 5.41) is 9.09. The summed E-state index contributed by atoms with van der Waals surface area (Å²) < 4.78 is 16.0. The van der Waals surface area contributed by atoms with E-state index in [1.54, 1.807) is 36.4 Å². The smallest absolute Gasteiger partial charge is 0.293 e. The van der Waals surface area contributed by atoms with Crippen LogP contribution in [0.4, 0.5) is 11.4 Å². The monoisotopic (exact) mass is 435 g/mol. The Kier molecular flexibility index (Phi) is 5.67. The van der Waals surface area contributed by atoms with Crippen molar-refractivity contribution < 1.29 is 23.2 Å². The number of benzene rings is 2. The van der Waals surface area contributed by atoms with Crippen LogP contribution in [0.2, 0.25) is 0 Å². The number of furan rings is 2. The first kappa shape index (κ1) is 20.2. The van der Waals surface area contributed by atoms with Crippen molar-refractivity contribution in [3.63, 3.8) is 0 Å². The Hall–Kier alpha value is -4.11. The van der Waals surface area contributed by atoms with Crippen LogP contribution >= 0.6 is 12.2 Å². The summed E-state index contributed by atoms with van der Waals surface area (Å²) in [5.74, 6) is -0.145. The molecule has 2 aromatic heterocycles. The van der Waals surface area contributed by atoms with Gasteiger partial charge in [-0.25, -0.2) is 0 Å². The highest BCUT2D eigenvalue weighted by atomic mass is 32.1. The maximum absolute atomic E-state index is 12.6. The first-order valence-corrected chi connectivity index (χ1v) is 9.58. The van der Waals surface area contributed by atoms with Gasteiger partial charge in [-0.1, -0.05) is 18.2 Å². The minimum absolute atomic E-state index is 0.0857. The van der Waals surface area contributed by atoms with Crippen molar-refractivity contribution in [3.8, 4) is 5.75 Å². The summed E-state index contributed by atoms with van der Waals surface area (Å²) in [4.78, 5) is 24.6. The van der Waals surface area contributed by atoms with E-state index < -0.39 is 11.8 Å². The molecule has 4 rings (SSSR count). The molecule has 0 atom stereocenters. The van der Waals surface area contributed by atoms with Crippen LogP contribution in [0, 0.1) is 0 Å². The lowest BCUT2D eigenvalue weighted by molar-refractivity contribution is 0.0949. The minimum Gasteiger partial charge on any atom is -0.494 e. The third kappa shape index (κ3) is 4.57. The Bertz CT molecular complexity index is 1230. The van der Waals surface area contributed by atoms with Crippen LogP contribution in [0.15, 0.2) is 75.8 Å². The van der Waals surface area contributed by atoms with E-state index in [0.29, 0.717) is 22.7 Å². The van der Waals surface area contributed by atoms with E-state index in [1.807, 2.05) is 18.2 Å². The van der Waals surface area contributed by atoms with Gasteiger partial charge in [0, 0.05) is 17.1 Å². The molecule has 2 aromatic carbocycles. The lowest BCUT2D eigenvalue weighted by atomic mass is 10.2. The number of hydrogen-bond donors (Lipinski definition) is 3. The van der Waals surface area contributed by atoms with Crippen molar-refractivity contribution in [1.29, 1.82) is 0 Å². The van der Waals surface area contributed by atoms with Gasteiger partial charge in [0.05, 0.1) is 19.1 Å². The van der Waals surface area contributed by atoms with Crippen LogP contribution in [0.1, 0.15) is 21.1 Å². The number of methoxy groups -OCH3 is 1. The first-order chi connectivity index (χ1) is 15.0. The summed E-state index contributed by atoms with van der Waals surface area (Å²) in [6.45, 7) is 0. The molecule has 3 N–H and O–H groups in total. The number of rotatable bonds is 5. The third-order valence-electron chi connectivity index (χ3n) is 4.33. The molecular formula is C22H17N3O5S. The van der Waals surface area contributed by atoms with Crippen molar-refractivity contribution in [3.05, 3.63) is 78.4 Å². The van der Waals surface area contributed by atoms with E-state index in [0.717, 1.165) is 5.39 Å². The number of thiocarbonyl (C=S) groups is 1. The SMILES string of the molecule is COc1cc(NC(=S)NC(=O)c2ccco2)ccc1NC(=O)c1cc2ccccc2o1. The summed E-state index contributed by atoms with van der Waals surface area (Å²) in [5.41, 5.74) is 1.64. The van der Waals surface area contributed by atoms with Crippen molar-refractivity contribution in [1.82, 2.24) is 5.32 Å². The fourth-order valence-corrected chi connectivity index (χ4v) is 3.10. The van der Waals surface area contributed by atoms with Crippen LogP contribution in [-0.2, 0) is 0 Å². The maximum Gasteiger partial charge on any atom is 0.293 e. The van der Waals surface area contributed by atoms with Crippen molar-refractivity contribution in [2.45, 2.75) is 0 Å². The van der Waals surface area contributed by atoms with E-state index >= 15 is 0 Å². The molecule has 0 bridgehead atoms.